The zero-order valence-corrected chi connectivity index (χ0v) is 14.7. The first-order chi connectivity index (χ1) is 11.1. The highest BCUT2D eigenvalue weighted by molar-refractivity contribution is 7.80. The first-order valence-corrected chi connectivity index (χ1v) is 9.65. The van der Waals surface area contributed by atoms with E-state index in [-0.39, 0.29) is 0 Å². The van der Waals surface area contributed by atoms with Crippen LogP contribution in [0.1, 0.15) is 56.6 Å². The number of anilines is 1. The van der Waals surface area contributed by atoms with Crippen molar-refractivity contribution in [3.63, 3.8) is 0 Å². The highest BCUT2D eigenvalue weighted by Crippen LogP contribution is 2.62. The van der Waals surface area contributed by atoms with Crippen molar-refractivity contribution in [3.8, 4) is 0 Å². The van der Waals surface area contributed by atoms with Crippen LogP contribution in [-0.4, -0.2) is 15.9 Å². The number of fused-ring (bicyclic) bond motifs is 1. The molecule has 1 atom stereocenters. The Morgan fingerprint density at radius 1 is 1.13 bits per heavy atom. The number of hydrogen-bond acceptors (Lipinski definition) is 2. The van der Waals surface area contributed by atoms with Crippen molar-refractivity contribution in [1.82, 2.24) is 4.90 Å². The average molecular weight is 327 g/mol. The second-order valence-corrected chi connectivity index (χ2v) is 9.15. The molecule has 3 heteroatoms. The Labute approximate surface area is 144 Å². The van der Waals surface area contributed by atoms with Crippen molar-refractivity contribution in [2.75, 3.05) is 5.73 Å². The van der Waals surface area contributed by atoms with E-state index in [9.17, 15) is 0 Å². The second kappa shape index (κ2) is 4.72. The van der Waals surface area contributed by atoms with E-state index >= 15 is 0 Å². The van der Waals surface area contributed by atoms with Crippen LogP contribution < -0.4 is 5.73 Å². The first-order valence-electron chi connectivity index (χ1n) is 9.24. The third-order valence-corrected chi connectivity index (χ3v) is 7.93. The summed E-state index contributed by atoms with van der Waals surface area (Å²) in [4.78, 5) is 3.54. The van der Waals surface area contributed by atoms with Crippen molar-refractivity contribution in [2.45, 2.75) is 58.0 Å². The molecular weight excluding hydrogens is 300 g/mol. The topological polar surface area (TPSA) is 29.3 Å². The molecule has 6 rings (SSSR count). The molecule has 0 radical (unpaired) electrons. The maximum Gasteiger partial charge on any atom is 0.110 e. The van der Waals surface area contributed by atoms with Crippen LogP contribution in [0, 0.1) is 23.2 Å². The molecule has 122 valence electrons. The molecule has 23 heavy (non-hydrogen) atoms. The quantitative estimate of drug-likeness (QED) is 0.646. The summed E-state index contributed by atoms with van der Waals surface area (Å²) in [6.45, 7) is 3.37. The summed E-state index contributed by atoms with van der Waals surface area (Å²) < 4.78 is 0. The van der Waals surface area contributed by atoms with Gasteiger partial charge in [-0.05, 0) is 74.7 Å². The third kappa shape index (κ3) is 1.95. The largest absolute Gasteiger partial charge is 0.398 e. The fourth-order valence-corrected chi connectivity index (χ4v) is 7.12. The Morgan fingerprint density at radius 2 is 1.74 bits per heavy atom. The molecule has 1 heterocycles. The first kappa shape index (κ1) is 14.3. The molecular formula is C20H26N2S. The minimum absolute atomic E-state index is 0.510. The van der Waals surface area contributed by atoms with Crippen LogP contribution in [0.5, 0.6) is 0 Å². The van der Waals surface area contributed by atoms with Crippen molar-refractivity contribution in [2.24, 2.45) is 23.2 Å². The van der Waals surface area contributed by atoms with Gasteiger partial charge in [0, 0.05) is 29.4 Å². The smallest absolute Gasteiger partial charge is 0.110 e. The number of nitrogens with zero attached hydrogens (tertiary/aromatic N) is 1. The number of nitrogen functional groups attached to an aromatic ring is 1. The second-order valence-electron chi connectivity index (χ2n) is 8.76. The number of rotatable bonds is 2. The molecule has 4 aliphatic carbocycles. The van der Waals surface area contributed by atoms with E-state index in [1.54, 1.807) is 0 Å². The highest BCUT2D eigenvalue weighted by Gasteiger charge is 2.54. The van der Waals surface area contributed by atoms with Gasteiger partial charge >= 0.3 is 0 Å². The molecule has 4 saturated carbocycles. The third-order valence-electron chi connectivity index (χ3n) is 7.47. The van der Waals surface area contributed by atoms with Gasteiger partial charge in [-0.3, -0.25) is 0 Å². The summed E-state index contributed by atoms with van der Waals surface area (Å²) in [5.74, 6) is 2.98. The number of hydrogen-bond donors (Lipinski definition) is 1. The molecule has 0 saturated heterocycles. The molecule has 4 fully saturated rings. The predicted molar refractivity (Wildman–Crippen MR) is 98.2 cm³/mol. The average Bonchev–Trinajstić information content (AvgIpc) is 2.84. The summed E-state index contributed by atoms with van der Waals surface area (Å²) in [5.41, 5.74) is 10.1. The fourth-order valence-electron chi connectivity index (χ4n) is 6.71. The van der Waals surface area contributed by atoms with Gasteiger partial charge in [0.05, 0.1) is 0 Å². The van der Waals surface area contributed by atoms with Gasteiger partial charge in [0.15, 0.2) is 0 Å². The Bertz CT molecular complexity index is 645. The van der Waals surface area contributed by atoms with E-state index in [0.29, 0.717) is 11.5 Å². The summed E-state index contributed by atoms with van der Waals surface area (Å²) in [6, 6.07) is 6.76. The zero-order valence-electron chi connectivity index (χ0n) is 13.9. The van der Waals surface area contributed by atoms with Crippen LogP contribution >= 0.6 is 12.2 Å². The van der Waals surface area contributed by atoms with Crippen LogP contribution in [0.3, 0.4) is 0 Å². The molecule has 1 aromatic carbocycles. The maximum absolute atomic E-state index is 6.22. The monoisotopic (exact) mass is 326 g/mol. The summed E-state index contributed by atoms with van der Waals surface area (Å²) in [7, 11) is 0. The lowest BCUT2D eigenvalue weighted by Gasteiger charge is -2.60. The molecule has 2 N–H and O–H groups in total. The predicted octanol–water partition coefficient (Wildman–Crippen LogP) is 4.36. The van der Waals surface area contributed by atoms with Gasteiger partial charge in [-0.2, -0.15) is 0 Å². The maximum atomic E-state index is 6.22. The summed E-state index contributed by atoms with van der Waals surface area (Å²) >= 11 is 5.86. The fraction of sp³-hybridized carbons (Fsp3) is 0.650. The van der Waals surface area contributed by atoms with Gasteiger partial charge < -0.3 is 10.6 Å². The Hall–Kier alpha value is -1.09. The van der Waals surface area contributed by atoms with E-state index < -0.39 is 0 Å². The minimum atomic E-state index is 0.510. The van der Waals surface area contributed by atoms with Gasteiger partial charge in [0.2, 0.25) is 0 Å². The molecule has 0 amide bonds. The standard InChI is InChI=1S/C20H26N2S/c1-12(20-8-13-5-14(9-20)7-15(6-13)10-20)22-11-17-16(19(22)23)3-2-4-18(17)21/h2-4,12-15H,5-11,21H2,1H3. The van der Waals surface area contributed by atoms with Gasteiger partial charge in [-0.25, -0.2) is 0 Å². The van der Waals surface area contributed by atoms with E-state index in [0.717, 1.165) is 35.0 Å². The van der Waals surface area contributed by atoms with Gasteiger partial charge in [-0.1, -0.05) is 24.4 Å². The molecule has 5 aliphatic rings. The van der Waals surface area contributed by atoms with E-state index in [1.165, 1.54) is 49.7 Å². The van der Waals surface area contributed by atoms with Crippen molar-refractivity contribution in [3.05, 3.63) is 29.3 Å². The molecule has 1 unspecified atom stereocenters. The summed E-state index contributed by atoms with van der Waals surface area (Å²) in [5, 5.41) is 0. The van der Waals surface area contributed by atoms with E-state index in [2.05, 4.69) is 17.9 Å². The van der Waals surface area contributed by atoms with Crippen LogP contribution in [0.2, 0.25) is 0 Å². The lowest BCUT2D eigenvalue weighted by Crippen LogP contribution is -2.55. The molecule has 0 aromatic heterocycles. The Morgan fingerprint density at radius 3 is 2.30 bits per heavy atom. The number of benzene rings is 1. The van der Waals surface area contributed by atoms with Crippen molar-refractivity contribution < 1.29 is 0 Å². The van der Waals surface area contributed by atoms with Gasteiger partial charge in [0.25, 0.3) is 0 Å². The normalized spacial score (nSPS) is 38.9. The van der Waals surface area contributed by atoms with E-state index in [4.69, 9.17) is 18.0 Å². The Kier molecular flexibility index (Phi) is 2.93. The number of thiocarbonyl (C=S) groups is 1. The van der Waals surface area contributed by atoms with Crippen molar-refractivity contribution >= 4 is 22.9 Å². The molecule has 1 aromatic rings. The van der Waals surface area contributed by atoms with Crippen LogP contribution in [-0.2, 0) is 6.54 Å². The van der Waals surface area contributed by atoms with Gasteiger partial charge in [0.1, 0.15) is 4.99 Å². The summed E-state index contributed by atoms with van der Waals surface area (Å²) in [6.07, 6.45) is 8.82. The van der Waals surface area contributed by atoms with E-state index in [1.807, 2.05) is 12.1 Å². The molecule has 0 spiro atoms. The molecule has 4 bridgehead atoms. The molecule has 1 aliphatic heterocycles. The number of nitrogens with two attached hydrogens (primary N) is 1. The lowest BCUT2D eigenvalue weighted by molar-refractivity contribution is -0.0857. The molecule has 2 nitrogen and oxygen atoms in total. The lowest BCUT2D eigenvalue weighted by atomic mass is 9.47. The van der Waals surface area contributed by atoms with Crippen molar-refractivity contribution in [1.29, 1.82) is 0 Å². The zero-order chi connectivity index (χ0) is 15.8. The Balaban J connectivity index is 1.47. The highest BCUT2D eigenvalue weighted by atomic mass is 32.1. The van der Waals surface area contributed by atoms with Crippen LogP contribution in [0.15, 0.2) is 18.2 Å². The van der Waals surface area contributed by atoms with Crippen LogP contribution in [0.4, 0.5) is 5.69 Å². The van der Waals surface area contributed by atoms with Gasteiger partial charge in [-0.15, -0.1) is 0 Å². The minimum Gasteiger partial charge on any atom is -0.398 e. The SMILES string of the molecule is CC(N1Cc2c(N)cccc2C1=S)C12CC3CC(CC(C3)C1)C2. The van der Waals surface area contributed by atoms with Crippen LogP contribution in [0.25, 0.3) is 0 Å².